The molecule has 4 aliphatic carbocycles. The number of carbonyl (C=O) groups is 1. The van der Waals surface area contributed by atoms with Crippen molar-refractivity contribution in [1.82, 2.24) is 0 Å². The van der Waals surface area contributed by atoms with Gasteiger partial charge in [0.2, 0.25) is 0 Å². The molecular formula is C11H16O2Pd. The number of carboxylic acid groups (broad SMARTS) is 1. The van der Waals surface area contributed by atoms with Crippen LogP contribution < -0.4 is 0 Å². The second-order valence-corrected chi connectivity index (χ2v) is 5.50. The van der Waals surface area contributed by atoms with E-state index in [1.54, 1.807) is 0 Å². The molecule has 4 bridgehead atoms. The monoisotopic (exact) mass is 286 g/mol. The van der Waals surface area contributed by atoms with Crippen LogP contribution >= 0.6 is 0 Å². The molecule has 0 atom stereocenters. The Bertz CT molecular complexity index is 227. The van der Waals surface area contributed by atoms with Gasteiger partial charge in [0.05, 0.1) is 5.41 Å². The molecule has 0 aliphatic heterocycles. The van der Waals surface area contributed by atoms with Gasteiger partial charge in [-0.1, -0.05) is 0 Å². The van der Waals surface area contributed by atoms with Crippen molar-refractivity contribution in [2.45, 2.75) is 38.5 Å². The molecule has 2 nitrogen and oxygen atoms in total. The molecule has 0 saturated heterocycles. The maximum atomic E-state index is 11.3. The van der Waals surface area contributed by atoms with Crippen molar-refractivity contribution in [2.24, 2.45) is 23.2 Å². The first-order chi connectivity index (χ1) is 6.18. The molecule has 0 heterocycles. The second kappa shape index (κ2) is 3.32. The summed E-state index contributed by atoms with van der Waals surface area (Å²) in [5.74, 6) is 1.75. The van der Waals surface area contributed by atoms with Gasteiger partial charge in [0.1, 0.15) is 0 Å². The topological polar surface area (TPSA) is 37.3 Å². The van der Waals surface area contributed by atoms with Gasteiger partial charge in [-0.3, -0.25) is 4.79 Å². The summed E-state index contributed by atoms with van der Waals surface area (Å²) in [5.41, 5.74) is -0.283. The number of aliphatic carboxylic acids is 1. The van der Waals surface area contributed by atoms with Crippen molar-refractivity contribution in [3.8, 4) is 0 Å². The molecular weight excluding hydrogens is 271 g/mol. The van der Waals surface area contributed by atoms with Crippen molar-refractivity contribution in [2.75, 3.05) is 0 Å². The molecule has 3 heteroatoms. The van der Waals surface area contributed by atoms with Gasteiger partial charge in [-0.25, -0.2) is 0 Å². The van der Waals surface area contributed by atoms with E-state index in [9.17, 15) is 9.90 Å². The Morgan fingerprint density at radius 2 is 1.36 bits per heavy atom. The molecule has 0 aromatic heterocycles. The van der Waals surface area contributed by atoms with Crippen LogP contribution in [0.3, 0.4) is 0 Å². The summed E-state index contributed by atoms with van der Waals surface area (Å²) in [6, 6.07) is 0. The van der Waals surface area contributed by atoms with Gasteiger partial charge in [0.15, 0.2) is 0 Å². The van der Waals surface area contributed by atoms with E-state index in [1.165, 1.54) is 19.3 Å². The summed E-state index contributed by atoms with van der Waals surface area (Å²) in [5, 5.41) is 9.28. The van der Waals surface area contributed by atoms with E-state index in [0.717, 1.165) is 37.0 Å². The van der Waals surface area contributed by atoms with Gasteiger partial charge in [0, 0.05) is 20.4 Å². The zero-order valence-corrected chi connectivity index (χ0v) is 9.70. The average Bonchev–Trinajstić information content (AvgIpc) is 2.00. The molecule has 82 valence electrons. The Labute approximate surface area is 98.1 Å². The van der Waals surface area contributed by atoms with E-state index in [4.69, 9.17) is 0 Å². The molecule has 0 unspecified atom stereocenters. The van der Waals surface area contributed by atoms with Crippen molar-refractivity contribution < 1.29 is 30.3 Å². The Balaban J connectivity index is 0.000000750. The van der Waals surface area contributed by atoms with Gasteiger partial charge in [-0.15, -0.1) is 0 Å². The summed E-state index contributed by atoms with van der Waals surface area (Å²) < 4.78 is 0. The molecule has 0 radical (unpaired) electrons. The third-order valence-electron chi connectivity index (χ3n) is 4.49. The largest absolute Gasteiger partial charge is 0.481 e. The molecule has 4 saturated carbocycles. The van der Waals surface area contributed by atoms with Crippen molar-refractivity contribution >= 4 is 5.97 Å². The summed E-state index contributed by atoms with van der Waals surface area (Å²) in [6.45, 7) is 0. The molecule has 1 N–H and O–H groups in total. The first-order valence-electron chi connectivity index (χ1n) is 5.41. The molecule has 4 aliphatic rings. The van der Waals surface area contributed by atoms with Gasteiger partial charge < -0.3 is 5.11 Å². The van der Waals surface area contributed by atoms with Crippen LogP contribution in [-0.4, -0.2) is 11.1 Å². The zero-order valence-electron chi connectivity index (χ0n) is 8.15. The fourth-order valence-electron chi connectivity index (χ4n) is 4.37. The van der Waals surface area contributed by atoms with Crippen molar-refractivity contribution in [1.29, 1.82) is 0 Å². The van der Waals surface area contributed by atoms with Crippen LogP contribution in [0.4, 0.5) is 0 Å². The minimum atomic E-state index is -0.508. The minimum absolute atomic E-state index is 0. The third kappa shape index (κ3) is 1.37. The van der Waals surface area contributed by atoms with Crippen molar-refractivity contribution in [3.63, 3.8) is 0 Å². The van der Waals surface area contributed by atoms with Crippen LogP contribution in [0.2, 0.25) is 0 Å². The molecule has 0 spiro atoms. The normalized spacial score (nSPS) is 48.7. The Kier molecular flexibility index (Phi) is 2.52. The molecule has 0 aromatic rings. The van der Waals surface area contributed by atoms with Crippen molar-refractivity contribution in [3.05, 3.63) is 0 Å². The Hall–Kier alpha value is 0.132. The Morgan fingerprint density at radius 1 is 1.00 bits per heavy atom. The standard InChI is InChI=1S/C11H16O2.Pd/c12-10(13)11-4-7-1-8(5-11)3-9(2-7)6-11;/h7-9H,1-6H2,(H,12,13);. The van der Waals surface area contributed by atoms with Crippen LogP contribution in [0.5, 0.6) is 0 Å². The molecule has 4 rings (SSSR count). The average molecular weight is 287 g/mol. The smallest absolute Gasteiger partial charge is 0.309 e. The van der Waals surface area contributed by atoms with Crippen LogP contribution in [0.1, 0.15) is 38.5 Å². The summed E-state index contributed by atoms with van der Waals surface area (Å²) in [4.78, 5) is 11.3. The van der Waals surface area contributed by atoms with Gasteiger partial charge in [0.25, 0.3) is 0 Å². The van der Waals surface area contributed by atoms with Gasteiger partial charge >= 0.3 is 5.97 Å². The van der Waals surface area contributed by atoms with E-state index >= 15 is 0 Å². The number of carboxylic acids is 1. The van der Waals surface area contributed by atoms with Crippen LogP contribution in [0, 0.1) is 23.2 Å². The third-order valence-corrected chi connectivity index (χ3v) is 4.49. The second-order valence-electron chi connectivity index (χ2n) is 5.50. The van der Waals surface area contributed by atoms with E-state index in [2.05, 4.69) is 0 Å². The first kappa shape index (κ1) is 10.6. The summed E-state index contributed by atoms with van der Waals surface area (Å²) in [7, 11) is 0. The van der Waals surface area contributed by atoms with E-state index in [0.29, 0.717) is 0 Å². The predicted octanol–water partition coefficient (Wildman–Crippen LogP) is 2.28. The summed E-state index contributed by atoms with van der Waals surface area (Å²) >= 11 is 0. The zero-order chi connectivity index (χ0) is 9.05. The maximum Gasteiger partial charge on any atom is 0.309 e. The predicted molar refractivity (Wildman–Crippen MR) is 48.2 cm³/mol. The Morgan fingerprint density at radius 3 is 1.64 bits per heavy atom. The fraction of sp³-hybridized carbons (Fsp3) is 0.909. The minimum Gasteiger partial charge on any atom is -0.481 e. The van der Waals surface area contributed by atoms with E-state index in [-0.39, 0.29) is 25.8 Å². The SMILES string of the molecule is O=C(O)C12CC3CC(CC(C3)C1)C2.[Pd]. The number of hydrogen-bond donors (Lipinski definition) is 1. The van der Waals surface area contributed by atoms with E-state index < -0.39 is 5.97 Å². The molecule has 4 fully saturated rings. The number of hydrogen-bond acceptors (Lipinski definition) is 1. The number of rotatable bonds is 1. The van der Waals surface area contributed by atoms with Crippen LogP contribution in [0.25, 0.3) is 0 Å². The van der Waals surface area contributed by atoms with E-state index in [1.807, 2.05) is 0 Å². The maximum absolute atomic E-state index is 11.3. The van der Waals surface area contributed by atoms with Crippen LogP contribution in [-0.2, 0) is 25.2 Å². The van der Waals surface area contributed by atoms with Gasteiger partial charge in [-0.05, 0) is 56.3 Å². The van der Waals surface area contributed by atoms with Crippen LogP contribution in [0.15, 0.2) is 0 Å². The summed E-state index contributed by atoms with van der Waals surface area (Å²) in [6.07, 6.45) is 6.92. The molecule has 0 aromatic carbocycles. The first-order valence-corrected chi connectivity index (χ1v) is 5.41. The molecule has 14 heavy (non-hydrogen) atoms. The molecule has 0 amide bonds. The van der Waals surface area contributed by atoms with Gasteiger partial charge in [-0.2, -0.15) is 0 Å². The fourth-order valence-corrected chi connectivity index (χ4v) is 4.37. The quantitative estimate of drug-likeness (QED) is 0.751.